The molecule has 8 heavy (non-hydrogen) atoms. The van der Waals surface area contributed by atoms with Gasteiger partial charge in [-0.1, -0.05) is 0 Å². The lowest BCUT2D eigenvalue weighted by Gasteiger charge is -2.02. The van der Waals surface area contributed by atoms with E-state index in [0.717, 1.165) is 0 Å². The Labute approximate surface area is 56.1 Å². The van der Waals surface area contributed by atoms with Crippen molar-refractivity contribution in [2.45, 2.75) is 26.8 Å². The van der Waals surface area contributed by atoms with E-state index in [2.05, 4.69) is 5.32 Å². The van der Waals surface area contributed by atoms with Crippen molar-refractivity contribution in [1.82, 2.24) is 5.32 Å². The highest BCUT2D eigenvalue weighted by Crippen LogP contribution is 1.72. The minimum Gasteiger partial charge on any atom is -0.354 e. The summed E-state index contributed by atoms with van der Waals surface area (Å²) in [4.78, 5) is 10.1. The third-order valence-corrected chi connectivity index (χ3v) is 0.492. The fourth-order valence-corrected chi connectivity index (χ4v) is 0.407. The number of carbonyl (C=O) groups excluding carboxylic acids is 1. The van der Waals surface area contributed by atoms with Gasteiger partial charge in [-0.25, -0.2) is 0 Å². The van der Waals surface area contributed by atoms with Crippen LogP contribution in [0.15, 0.2) is 0 Å². The molecule has 50 valence electrons. The van der Waals surface area contributed by atoms with Gasteiger partial charge in [0.05, 0.1) is 0 Å². The Hall–Kier alpha value is -0.240. The van der Waals surface area contributed by atoms with E-state index in [1.54, 1.807) is 0 Å². The molecule has 0 aromatic rings. The van der Waals surface area contributed by atoms with Crippen LogP contribution in [0.4, 0.5) is 0 Å². The molecule has 0 spiro atoms. The average Bonchev–Trinajstić information content (AvgIpc) is 1.27. The fourth-order valence-electron chi connectivity index (χ4n) is 0.407. The molecule has 0 saturated carbocycles. The van der Waals surface area contributed by atoms with Gasteiger partial charge in [0.25, 0.3) is 0 Å². The fraction of sp³-hybridized carbons (Fsp3) is 0.800. The summed E-state index contributed by atoms with van der Waals surface area (Å²) < 4.78 is 0. The van der Waals surface area contributed by atoms with E-state index in [0.29, 0.717) is 0 Å². The van der Waals surface area contributed by atoms with Gasteiger partial charge in [-0.2, -0.15) is 0 Å². The van der Waals surface area contributed by atoms with Crippen molar-refractivity contribution in [1.29, 1.82) is 0 Å². The number of hydrogen-bond acceptors (Lipinski definition) is 1. The van der Waals surface area contributed by atoms with Crippen LogP contribution in [-0.4, -0.2) is 11.9 Å². The average molecular weight is 138 g/mol. The molecule has 0 aliphatic rings. The van der Waals surface area contributed by atoms with Crippen molar-refractivity contribution in [2.24, 2.45) is 0 Å². The zero-order valence-electron chi connectivity index (χ0n) is 5.39. The van der Waals surface area contributed by atoms with Crippen LogP contribution in [0.5, 0.6) is 0 Å². The number of amides is 1. The first-order valence-corrected chi connectivity index (χ1v) is 2.40. The largest absolute Gasteiger partial charge is 0.354 e. The molecule has 0 rings (SSSR count). The number of rotatable bonds is 1. The van der Waals surface area contributed by atoms with Gasteiger partial charge in [-0.3, -0.25) is 4.79 Å². The molecule has 1 amide bonds. The molecule has 0 aliphatic carbocycles. The molecule has 0 atom stereocenters. The predicted molar refractivity (Wildman–Crippen MR) is 36.2 cm³/mol. The molecule has 0 bridgehead atoms. The number of carbonyl (C=O) groups is 1. The molecule has 1 N–H and O–H groups in total. The van der Waals surface area contributed by atoms with E-state index in [1.807, 2.05) is 13.8 Å². The zero-order valence-corrected chi connectivity index (χ0v) is 6.21. The topological polar surface area (TPSA) is 29.1 Å². The normalized spacial score (nSPS) is 8.00. The van der Waals surface area contributed by atoms with Crippen molar-refractivity contribution in [3.05, 3.63) is 0 Å². The zero-order chi connectivity index (χ0) is 5.86. The van der Waals surface area contributed by atoms with Crippen LogP contribution in [0.2, 0.25) is 0 Å². The number of halogens is 1. The molecule has 3 heteroatoms. The Morgan fingerprint density at radius 1 is 1.50 bits per heavy atom. The van der Waals surface area contributed by atoms with Crippen LogP contribution in [0, 0.1) is 0 Å². The molecule has 0 aromatic heterocycles. The summed E-state index contributed by atoms with van der Waals surface area (Å²) in [5.74, 6) is 0.0370. The molecular weight excluding hydrogens is 126 g/mol. The van der Waals surface area contributed by atoms with Crippen LogP contribution in [-0.2, 0) is 4.79 Å². The first kappa shape index (κ1) is 10.7. The Kier molecular flexibility index (Phi) is 6.56. The third-order valence-electron chi connectivity index (χ3n) is 0.492. The molecule has 0 fully saturated rings. The summed E-state index contributed by atoms with van der Waals surface area (Å²) in [6.07, 6.45) is 0. The van der Waals surface area contributed by atoms with Crippen molar-refractivity contribution in [3.8, 4) is 0 Å². The minimum absolute atomic E-state index is 0. The second-order valence-electron chi connectivity index (χ2n) is 1.86. The monoisotopic (exact) mass is 137 g/mol. The maximum absolute atomic E-state index is 10.1. The van der Waals surface area contributed by atoms with Gasteiger partial charge >= 0.3 is 0 Å². The van der Waals surface area contributed by atoms with Crippen molar-refractivity contribution >= 4 is 18.3 Å². The van der Waals surface area contributed by atoms with Gasteiger partial charge in [0, 0.05) is 13.0 Å². The van der Waals surface area contributed by atoms with Crippen LogP contribution in [0.1, 0.15) is 20.8 Å². The second-order valence-corrected chi connectivity index (χ2v) is 1.86. The predicted octanol–water partition coefficient (Wildman–Crippen LogP) is 0.953. The van der Waals surface area contributed by atoms with Gasteiger partial charge in [0.1, 0.15) is 0 Å². The van der Waals surface area contributed by atoms with Crippen LogP contribution >= 0.6 is 12.4 Å². The van der Waals surface area contributed by atoms with Gasteiger partial charge in [-0.15, -0.1) is 12.4 Å². The van der Waals surface area contributed by atoms with E-state index >= 15 is 0 Å². The van der Waals surface area contributed by atoms with E-state index in [9.17, 15) is 4.79 Å². The maximum Gasteiger partial charge on any atom is 0.217 e. The Bertz CT molecular complexity index is 72.8. The molecule has 0 unspecified atom stereocenters. The third kappa shape index (κ3) is 9.23. The highest BCUT2D eigenvalue weighted by molar-refractivity contribution is 5.85. The lowest BCUT2D eigenvalue weighted by atomic mass is 10.4. The van der Waals surface area contributed by atoms with E-state index < -0.39 is 0 Å². The molecular formula is C5H12ClNO. The summed E-state index contributed by atoms with van der Waals surface area (Å²) in [5, 5.41) is 2.67. The van der Waals surface area contributed by atoms with Crippen LogP contribution < -0.4 is 5.32 Å². The molecule has 2 nitrogen and oxygen atoms in total. The van der Waals surface area contributed by atoms with E-state index in [1.165, 1.54) is 6.92 Å². The van der Waals surface area contributed by atoms with Gasteiger partial charge in [-0.05, 0) is 13.8 Å². The van der Waals surface area contributed by atoms with Crippen molar-refractivity contribution in [2.75, 3.05) is 0 Å². The summed E-state index contributed by atoms with van der Waals surface area (Å²) in [6, 6.07) is 0.275. The van der Waals surface area contributed by atoms with E-state index in [-0.39, 0.29) is 24.4 Å². The lowest BCUT2D eigenvalue weighted by Crippen LogP contribution is -2.27. The lowest BCUT2D eigenvalue weighted by molar-refractivity contribution is -0.119. The minimum atomic E-state index is 0. The van der Waals surface area contributed by atoms with E-state index in [4.69, 9.17) is 0 Å². The molecule has 0 radical (unpaired) electrons. The number of hydrogen-bond donors (Lipinski definition) is 1. The first-order valence-electron chi connectivity index (χ1n) is 2.40. The van der Waals surface area contributed by atoms with Crippen molar-refractivity contribution in [3.63, 3.8) is 0 Å². The van der Waals surface area contributed by atoms with Gasteiger partial charge in [0.2, 0.25) is 5.91 Å². The SMILES string of the molecule is CC(=O)NC(C)C.Cl. The quantitative estimate of drug-likeness (QED) is 0.573. The van der Waals surface area contributed by atoms with Gasteiger partial charge < -0.3 is 5.32 Å². The standard InChI is InChI=1S/C5H11NO.ClH/c1-4(2)6-5(3)7;/h4H,1-3H3,(H,6,7);1H. The Morgan fingerprint density at radius 2 is 1.88 bits per heavy atom. The van der Waals surface area contributed by atoms with Crippen LogP contribution in [0.3, 0.4) is 0 Å². The first-order chi connectivity index (χ1) is 3.13. The maximum atomic E-state index is 10.1. The summed E-state index contributed by atoms with van der Waals surface area (Å²) in [7, 11) is 0. The molecule has 0 aromatic carbocycles. The summed E-state index contributed by atoms with van der Waals surface area (Å²) in [6.45, 7) is 5.38. The van der Waals surface area contributed by atoms with Gasteiger partial charge in [0.15, 0.2) is 0 Å². The smallest absolute Gasteiger partial charge is 0.217 e. The highest BCUT2D eigenvalue weighted by Gasteiger charge is 1.90. The summed E-state index contributed by atoms with van der Waals surface area (Å²) >= 11 is 0. The Morgan fingerprint density at radius 3 is 1.88 bits per heavy atom. The van der Waals surface area contributed by atoms with Crippen molar-refractivity contribution < 1.29 is 4.79 Å². The molecule has 0 aliphatic heterocycles. The molecule has 0 saturated heterocycles. The molecule has 0 heterocycles. The second kappa shape index (κ2) is 4.91. The number of nitrogens with one attached hydrogen (secondary N) is 1. The van der Waals surface area contributed by atoms with Crippen LogP contribution in [0.25, 0.3) is 0 Å². The highest BCUT2D eigenvalue weighted by atomic mass is 35.5. The Balaban J connectivity index is 0. The summed E-state index contributed by atoms with van der Waals surface area (Å²) in [5.41, 5.74) is 0.